The van der Waals surface area contributed by atoms with Crippen molar-refractivity contribution in [1.82, 2.24) is 0 Å². The molecule has 0 N–H and O–H groups in total. The van der Waals surface area contributed by atoms with Gasteiger partial charge in [0.25, 0.3) is 0 Å². The van der Waals surface area contributed by atoms with Crippen LogP contribution in [0.5, 0.6) is 5.75 Å². The number of hydrogen-bond donors (Lipinski definition) is 0. The number of rotatable bonds is 4. The second kappa shape index (κ2) is 12.9. The molecule has 0 amide bonds. The number of benzene rings is 10. The molecule has 0 fully saturated rings. The highest BCUT2D eigenvalue weighted by molar-refractivity contribution is 6.14. The SMILES string of the molecule is C1=CC2Oc3cc4c(cc3C2C=C1c1cccc(-c2cc3ccccc3c3ccccc23)c1)oc1ccc(-c2ccc3cc(-c5ccc6ccccc6c5)ccc3c2)cc14. The molecule has 0 spiro atoms. The fourth-order valence-corrected chi connectivity index (χ4v) is 9.87. The monoisotopic (exact) mass is 764 g/mol. The van der Waals surface area contributed by atoms with Gasteiger partial charge < -0.3 is 9.15 Å². The van der Waals surface area contributed by atoms with Gasteiger partial charge in [-0.15, -0.1) is 0 Å². The van der Waals surface area contributed by atoms with E-state index in [4.69, 9.17) is 9.15 Å². The molecule has 0 saturated carbocycles. The number of hydrogen-bond acceptors (Lipinski definition) is 2. The van der Waals surface area contributed by atoms with Crippen molar-refractivity contribution in [2.75, 3.05) is 0 Å². The maximum atomic E-state index is 6.66. The summed E-state index contributed by atoms with van der Waals surface area (Å²) in [6.45, 7) is 0. The summed E-state index contributed by atoms with van der Waals surface area (Å²) in [5, 5.41) is 12.2. The maximum Gasteiger partial charge on any atom is 0.135 e. The first-order valence-corrected chi connectivity index (χ1v) is 20.8. The van der Waals surface area contributed by atoms with Gasteiger partial charge >= 0.3 is 0 Å². The lowest BCUT2D eigenvalue weighted by Crippen LogP contribution is -2.16. The first-order chi connectivity index (χ1) is 29.7. The predicted octanol–water partition coefficient (Wildman–Crippen LogP) is 15.7. The standard InChI is InChI=1S/C58H36O2/c1-2-9-36-26-38(17-16-35(36)8-1)39-18-19-41-28-42(21-20-40(41)27-39)44-23-25-56-52(31-44)54-34-57-53(33-58(54)60-56)51-30-43(22-24-55(51)59-57)37-11-7-12-45(29-37)50-32-46-10-3-4-13-47(46)48-14-5-6-15-49(48)50/h1-34,51,55H. The van der Waals surface area contributed by atoms with Crippen molar-refractivity contribution in [3.05, 3.63) is 217 Å². The van der Waals surface area contributed by atoms with E-state index in [0.717, 1.165) is 33.3 Å². The van der Waals surface area contributed by atoms with Gasteiger partial charge in [0.15, 0.2) is 0 Å². The third kappa shape index (κ3) is 5.28. The van der Waals surface area contributed by atoms with Crippen molar-refractivity contribution in [2.45, 2.75) is 12.0 Å². The summed E-state index contributed by atoms with van der Waals surface area (Å²) in [7, 11) is 0. The Bertz CT molecular complexity index is 3660. The summed E-state index contributed by atoms with van der Waals surface area (Å²) < 4.78 is 13.2. The van der Waals surface area contributed by atoms with Gasteiger partial charge in [0.2, 0.25) is 0 Å². The molecule has 1 aromatic heterocycles. The van der Waals surface area contributed by atoms with E-state index in [2.05, 4.69) is 206 Å². The molecule has 10 aromatic carbocycles. The molecule has 2 unspecified atom stereocenters. The highest BCUT2D eigenvalue weighted by atomic mass is 16.5. The molecule has 2 heteroatoms. The van der Waals surface area contributed by atoms with E-state index in [-0.39, 0.29) is 12.0 Å². The summed E-state index contributed by atoms with van der Waals surface area (Å²) in [4.78, 5) is 0. The van der Waals surface area contributed by atoms with Crippen LogP contribution in [0.2, 0.25) is 0 Å². The van der Waals surface area contributed by atoms with Crippen molar-refractivity contribution < 1.29 is 9.15 Å². The fraction of sp³-hybridized carbons (Fsp3) is 0.0345. The summed E-state index contributed by atoms with van der Waals surface area (Å²) in [6.07, 6.45) is 6.78. The molecule has 13 rings (SSSR count). The smallest absolute Gasteiger partial charge is 0.135 e. The van der Waals surface area contributed by atoms with Crippen molar-refractivity contribution in [3.8, 4) is 39.1 Å². The van der Waals surface area contributed by atoms with Gasteiger partial charge in [0, 0.05) is 22.3 Å². The molecule has 2 heterocycles. The van der Waals surface area contributed by atoms with E-state index < -0.39 is 0 Å². The topological polar surface area (TPSA) is 22.4 Å². The molecule has 1 aliphatic heterocycles. The molecule has 60 heavy (non-hydrogen) atoms. The number of allylic oxidation sites excluding steroid dienone is 2. The molecule has 0 bridgehead atoms. The van der Waals surface area contributed by atoms with Gasteiger partial charge in [0.05, 0.1) is 0 Å². The van der Waals surface area contributed by atoms with Gasteiger partial charge in [0.1, 0.15) is 23.0 Å². The summed E-state index contributed by atoms with van der Waals surface area (Å²) in [6, 6.07) is 68.5. The zero-order valence-electron chi connectivity index (χ0n) is 32.6. The second-order valence-electron chi connectivity index (χ2n) is 16.4. The minimum Gasteiger partial charge on any atom is -0.485 e. The molecule has 11 aromatic rings. The number of furan rings is 1. The third-order valence-corrected chi connectivity index (χ3v) is 12.9. The van der Waals surface area contributed by atoms with Gasteiger partial charge in [-0.25, -0.2) is 0 Å². The molecule has 0 saturated heterocycles. The Balaban J connectivity index is 0.822. The lowest BCUT2D eigenvalue weighted by atomic mass is 9.85. The average molecular weight is 765 g/mol. The molecule has 2 atom stereocenters. The summed E-state index contributed by atoms with van der Waals surface area (Å²) in [5.74, 6) is 1.02. The van der Waals surface area contributed by atoms with Crippen molar-refractivity contribution >= 4 is 70.6 Å². The summed E-state index contributed by atoms with van der Waals surface area (Å²) in [5.41, 5.74) is 12.6. The molecule has 2 nitrogen and oxygen atoms in total. The van der Waals surface area contributed by atoms with Crippen LogP contribution in [-0.2, 0) is 0 Å². The second-order valence-corrected chi connectivity index (χ2v) is 16.4. The Labute approximate surface area is 346 Å². The molecular weight excluding hydrogens is 729 g/mol. The van der Waals surface area contributed by atoms with Crippen LogP contribution in [0.1, 0.15) is 17.0 Å². The highest BCUT2D eigenvalue weighted by Crippen LogP contribution is 2.47. The first kappa shape index (κ1) is 33.3. The Morgan fingerprint density at radius 2 is 0.983 bits per heavy atom. The third-order valence-electron chi connectivity index (χ3n) is 12.9. The van der Waals surface area contributed by atoms with Crippen LogP contribution in [-0.4, -0.2) is 6.10 Å². The Hall–Kier alpha value is -7.68. The molecular formula is C58H36O2. The molecule has 280 valence electrons. The van der Waals surface area contributed by atoms with E-state index >= 15 is 0 Å². The lowest BCUT2D eigenvalue weighted by molar-refractivity contribution is 0.269. The van der Waals surface area contributed by atoms with E-state index in [1.165, 1.54) is 87.6 Å². The lowest BCUT2D eigenvalue weighted by Gasteiger charge is -2.19. The average Bonchev–Trinajstić information content (AvgIpc) is 3.86. The normalized spacial score (nSPS) is 15.8. The molecule has 2 aliphatic rings. The van der Waals surface area contributed by atoms with Crippen LogP contribution < -0.4 is 4.74 Å². The number of ether oxygens (including phenoxy) is 1. The minimum atomic E-state index is -0.0518. The van der Waals surface area contributed by atoms with E-state index in [9.17, 15) is 0 Å². The maximum absolute atomic E-state index is 6.66. The van der Waals surface area contributed by atoms with Crippen LogP contribution in [0.25, 0.3) is 104 Å². The zero-order valence-corrected chi connectivity index (χ0v) is 32.6. The molecule has 1 aliphatic carbocycles. The van der Waals surface area contributed by atoms with Crippen LogP contribution >= 0.6 is 0 Å². The quantitative estimate of drug-likeness (QED) is 0.167. The van der Waals surface area contributed by atoms with Crippen LogP contribution in [0.15, 0.2) is 211 Å². The van der Waals surface area contributed by atoms with Crippen LogP contribution in [0.3, 0.4) is 0 Å². The highest BCUT2D eigenvalue weighted by Gasteiger charge is 2.34. The van der Waals surface area contributed by atoms with E-state index in [1.54, 1.807) is 0 Å². The Morgan fingerprint density at radius 3 is 1.78 bits per heavy atom. The Kier molecular flexibility index (Phi) is 7.17. The van der Waals surface area contributed by atoms with E-state index in [0.29, 0.717) is 0 Å². The van der Waals surface area contributed by atoms with Gasteiger partial charge in [-0.2, -0.15) is 0 Å². The van der Waals surface area contributed by atoms with Crippen LogP contribution in [0.4, 0.5) is 0 Å². The van der Waals surface area contributed by atoms with Crippen molar-refractivity contribution in [1.29, 1.82) is 0 Å². The Morgan fingerprint density at radius 1 is 0.367 bits per heavy atom. The van der Waals surface area contributed by atoms with Crippen molar-refractivity contribution in [2.24, 2.45) is 0 Å². The largest absolute Gasteiger partial charge is 0.485 e. The minimum absolute atomic E-state index is 0.0518. The molecule has 0 radical (unpaired) electrons. The summed E-state index contributed by atoms with van der Waals surface area (Å²) >= 11 is 0. The first-order valence-electron chi connectivity index (χ1n) is 20.8. The van der Waals surface area contributed by atoms with E-state index in [1.807, 2.05) is 0 Å². The van der Waals surface area contributed by atoms with Gasteiger partial charge in [-0.3, -0.25) is 0 Å². The number of fused-ring (bicyclic) bond motifs is 11. The van der Waals surface area contributed by atoms with Gasteiger partial charge in [-0.05, 0) is 148 Å². The zero-order chi connectivity index (χ0) is 39.3. The van der Waals surface area contributed by atoms with Crippen LogP contribution in [0, 0.1) is 0 Å². The van der Waals surface area contributed by atoms with Gasteiger partial charge in [-0.1, -0.05) is 146 Å². The fourth-order valence-electron chi connectivity index (χ4n) is 9.87. The predicted molar refractivity (Wildman–Crippen MR) is 251 cm³/mol. The van der Waals surface area contributed by atoms with Crippen molar-refractivity contribution in [3.63, 3.8) is 0 Å².